The number of aliphatic imine (C=N–C) groups is 1. The molecule has 2 N–H and O–H groups in total. The SMILES string of the molecule is CC(C)[C@@H](CO)N=C1CCCCCCCCCCc2cc(O)c1c(=O)o2. The zero-order valence-corrected chi connectivity index (χ0v) is 16.2. The third kappa shape index (κ3) is 5.97. The van der Waals surface area contributed by atoms with Crippen LogP contribution in [0.25, 0.3) is 0 Å². The van der Waals surface area contributed by atoms with Gasteiger partial charge in [0, 0.05) is 12.5 Å². The Morgan fingerprint density at radius 1 is 1.04 bits per heavy atom. The van der Waals surface area contributed by atoms with E-state index in [-0.39, 0.29) is 29.9 Å². The van der Waals surface area contributed by atoms with Crippen LogP contribution in [0.5, 0.6) is 5.75 Å². The van der Waals surface area contributed by atoms with Gasteiger partial charge in [0.15, 0.2) is 0 Å². The molecule has 2 aliphatic rings. The summed E-state index contributed by atoms with van der Waals surface area (Å²) in [5.74, 6) is 0.635. The summed E-state index contributed by atoms with van der Waals surface area (Å²) in [6, 6.07) is 1.28. The fourth-order valence-electron chi connectivity index (χ4n) is 3.42. The van der Waals surface area contributed by atoms with Gasteiger partial charge in [-0.3, -0.25) is 4.99 Å². The number of hydrogen-bond donors (Lipinski definition) is 2. The van der Waals surface area contributed by atoms with Crippen LogP contribution in [0, 0.1) is 5.92 Å². The highest BCUT2D eigenvalue weighted by Crippen LogP contribution is 2.22. The number of aryl methyl sites for hydroxylation is 1. The Bertz CT molecular complexity index is 648. The summed E-state index contributed by atoms with van der Waals surface area (Å²) in [5, 5.41) is 20.1. The number of aromatic hydroxyl groups is 1. The van der Waals surface area contributed by atoms with Gasteiger partial charge in [-0.15, -0.1) is 0 Å². The van der Waals surface area contributed by atoms with Crippen molar-refractivity contribution >= 4 is 5.71 Å². The second-order valence-corrected chi connectivity index (χ2v) is 7.66. The van der Waals surface area contributed by atoms with Gasteiger partial charge < -0.3 is 14.6 Å². The van der Waals surface area contributed by atoms with Crippen LogP contribution in [0.15, 0.2) is 20.3 Å². The minimum Gasteiger partial charge on any atom is -0.507 e. The number of aliphatic hydroxyl groups is 1. The van der Waals surface area contributed by atoms with Crippen molar-refractivity contribution in [2.45, 2.75) is 84.1 Å². The van der Waals surface area contributed by atoms with Crippen LogP contribution >= 0.6 is 0 Å². The summed E-state index contributed by atoms with van der Waals surface area (Å²) in [5.41, 5.74) is 0.210. The molecule has 0 unspecified atom stereocenters. The standard InChI is InChI=1S/C21H33NO4/c1-15(2)18(14-23)22-17-12-10-8-6-4-3-5-7-9-11-16-13-19(24)20(17)21(25)26-16/h13,15,18,23-24H,3-12,14H2,1-2H3/t18-/m1/s1. The van der Waals surface area contributed by atoms with Crippen molar-refractivity contribution in [1.29, 1.82) is 0 Å². The predicted octanol–water partition coefficient (Wildman–Crippen LogP) is 4.22. The van der Waals surface area contributed by atoms with Crippen LogP contribution in [0.4, 0.5) is 0 Å². The molecule has 0 saturated heterocycles. The van der Waals surface area contributed by atoms with Gasteiger partial charge in [0.05, 0.1) is 18.4 Å². The van der Waals surface area contributed by atoms with Gasteiger partial charge in [0.25, 0.3) is 0 Å². The second-order valence-electron chi connectivity index (χ2n) is 7.66. The average molecular weight is 363 g/mol. The van der Waals surface area contributed by atoms with Gasteiger partial charge >= 0.3 is 5.63 Å². The zero-order valence-electron chi connectivity index (χ0n) is 16.2. The molecule has 1 aliphatic heterocycles. The Labute approximate surface area is 156 Å². The van der Waals surface area contributed by atoms with Crippen LogP contribution < -0.4 is 5.63 Å². The molecule has 0 radical (unpaired) electrons. The smallest absolute Gasteiger partial charge is 0.348 e. The lowest BCUT2D eigenvalue weighted by atomic mass is 10.0. The quantitative estimate of drug-likeness (QED) is 0.842. The van der Waals surface area contributed by atoms with E-state index in [0.717, 1.165) is 25.7 Å². The van der Waals surface area contributed by atoms with Gasteiger partial charge in [-0.2, -0.15) is 0 Å². The Morgan fingerprint density at radius 3 is 2.15 bits per heavy atom. The first-order valence-corrected chi connectivity index (χ1v) is 10.1. The Hall–Kier alpha value is -1.62. The van der Waals surface area contributed by atoms with Crippen LogP contribution in [0.2, 0.25) is 0 Å². The first-order chi connectivity index (χ1) is 12.5. The van der Waals surface area contributed by atoms with E-state index >= 15 is 0 Å². The zero-order chi connectivity index (χ0) is 18.9. The predicted molar refractivity (Wildman–Crippen MR) is 104 cm³/mol. The summed E-state index contributed by atoms with van der Waals surface area (Å²) >= 11 is 0. The molecular weight excluding hydrogens is 330 g/mol. The van der Waals surface area contributed by atoms with E-state index in [9.17, 15) is 15.0 Å². The molecule has 5 nitrogen and oxygen atoms in total. The molecule has 3 rings (SSSR count). The normalized spacial score (nSPS) is 20.1. The lowest BCUT2D eigenvalue weighted by Gasteiger charge is -2.17. The number of nitrogens with zero attached hydrogens (tertiary/aromatic N) is 1. The highest BCUT2D eigenvalue weighted by atomic mass is 16.4. The molecule has 0 aromatic carbocycles. The Balaban J connectivity index is 2.38. The maximum atomic E-state index is 12.5. The summed E-state index contributed by atoms with van der Waals surface area (Å²) in [4.78, 5) is 17.2. The molecule has 0 amide bonds. The molecule has 146 valence electrons. The van der Waals surface area contributed by atoms with Crippen molar-refractivity contribution in [1.82, 2.24) is 0 Å². The number of fused-ring (bicyclic) bond motifs is 12. The van der Waals surface area contributed by atoms with E-state index in [4.69, 9.17) is 4.42 Å². The maximum absolute atomic E-state index is 12.5. The van der Waals surface area contributed by atoms with Crippen LogP contribution in [0.3, 0.4) is 0 Å². The van der Waals surface area contributed by atoms with E-state index in [0.29, 0.717) is 24.3 Å². The molecule has 1 atom stereocenters. The van der Waals surface area contributed by atoms with Crippen molar-refractivity contribution in [3.8, 4) is 5.75 Å². The largest absolute Gasteiger partial charge is 0.507 e. The van der Waals surface area contributed by atoms with Crippen molar-refractivity contribution in [3.63, 3.8) is 0 Å². The first-order valence-electron chi connectivity index (χ1n) is 10.1. The maximum Gasteiger partial charge on any atom is 0.348 e. The van der Waals surface area contributed by atoms with Crippen molar-refractivity contribution in [2.24, 2.45) is 10.9 Å². The van der Waals surface area contributed by atoms with Crippen molar-refractivity contribution in [3.05, 3.63) is 27.8 Å². The third-order valence-electron chi connectivity index (χ3n) is 5.14. The number of hydrogen-bond acceptors (Lipinski definition) is 5. The van der Waals surface area contributed by atoms with Gasteiger partial charge in [-0.05, 0) is 25.2 Å². The minimum absolute atomic E-state index is 0.0506. The van der Waals surface area contributed by atoms with Crippen LogP contribution in [-0.2, 0) is 6.42 Å². The molecule has 0 saturated carbocycles. The molecule has 2 heterocycles. The molecule has 5 heteroatoms. The molecular formula is C21H33NO4. The molecule has 26 heavy (non-hydrogen) atoms. The Kier molecular flexibility index (Phi) is 8.36. The van der Waals surface area contributed by atoms with Gasteiger partial charge in [-0.1, -0.05) is 52.4 Å². The first kappa shape index (κ1) is 20.7. The lowest BCUT2D eigenvalue weighted by molar-refractivity contribution is 0.239. The van der Waals surface area contributed by atoms with Crippen molar-refractivity contribution in [2.75, 3.05) is 6.61 Å². The van der Waals surface area contributed by atoms with E-state index in [2.05, 4.69) is 4.99 Å². The van der Waals surface area contributed by atoms with E-state index < -0.39 is 5.63 Å². The molecule has 1 aromatic rings. The average Bonchev–Trinajstić information content (AvgIpc) is 2.59. The van der Waals surface area contributed by atoms with Crippen LogP contribution in [0.1, 0.15) is 83.0 Å². The van der Waals surface area contributed by atoms with Crippen LogP contribution in [-0.4, -0.2) is 28.6 Å². The molecule has 1 aromatic heterocycles. The Morgan fingerprint density at radius 2 is 1.62 bits per heavy atom. The minimum atomic E-state index is -0.519. The highest BCUT2D eigenvalue weighted by molar-refractivity contribution is 6.02. The van der Waals surface area contributed by atoms with E-state index in [1.54, 1.807) is 6.07 Å². The molecule has 1 aliphatic carbocycles. The lowest BCUT2D eigenvalue weighted by Crippen LogP contribution is -2.23. The summed E-state index contributed by atoms with van der Waals surface area (Å²) < 4.78 is 5.46. The number of rotatable bonds is 3. The highest BCUT2D eigenvalue weighted by Gasteiger charge is 2.20. The monoisotopic (exact) mass is 363 g/mol. The van der Waals surface area contributed by atoms with Gasteiger partial charge in [-0.25, -0.2) is 4.79 Å². The number of aliphatic hydroxyl groups excluding tert-OH is 1. The third-order valence-corrected chi connectivity index (χ3v) is 5.14. The van der Waals surface area contributed by atoms with Gasteiger partial charge in [0.2, 0.25) is 0 Å². The summed E-state index contributed by atoms with van der Waals surface area (Å²) in [6.07, 6.45) is 10.2. The van der Waals surface area contributed by atoms with Crippen molar-refractivity contribution < 1.29 is 14.6 Å². The van der Waals surface area contributed by atoms with E-state index in [1.165, 1.54) is 25.7 Å². The summed E-state index contributed by atoms with van der Waals surface area (Å²) in [6.45, 7) is 3.90. The van der Waals surface area contributed by atoms with Gasteiger partial charge in [0.1, 0.15) is 17.1 Å². The summed E-state index contributed by atoms with van der Waals surface area (Å²) in [7, 11) is 0. The van der Waals surface area contributed by atoms with E-state index in [1.807, 2.05) is 13.8 Å². The fraction of sp³-hybridized carbons (Fsp3) is 0.714. The molecule has 0 spiro atoms. The topological polar surface area (TPSA) is 83.0 Å². The fourth-order valence-corrected chi connectivity index (χ4v) is 3.42. The second kappa shape index (κ2) is 10.5. The molecule has 0 fully saturated rings. The molecule has 2 bridgehead atoms.